The van der Waals surface area contributed by atoms with E-state index in [-0.39, 0.29) is 11.4 Å². The summed E-state index contributed by atoms with van der Waals surface area (Å²) in [5, 5.41) is 0. The van der Waals surface area contributed by atoms with Gasteiger partial charge in [0.15, 0.2) is 0 Å². The number of phosphoric acid groups is 3. The Morgan fingerprint density at radius 1 is 1.07 bits per heavy atom. The minimum absolute atomic E-state index is 0.00774. The molecule has 2 rings (SSSR count). The summed E-state index contributed by atoms with van der Waals surface area (Å²) in [5.41, 5.74) is -0.00774. The third kappa shape index (κ3) is 8.96. The molecule has 0 amide bonds. The summed E-state index contributed by atoms with van der Waals surface area (Å²) in [6.07, 6.45) is 2.49. The fourth-order valence-electron chi connectivity index (χ4n) is 2.69. The van der Waals surface area contributed by atoms with Gasteiger partial charge < -0.3 is 29.0 Å². The summed E-state index contributed by atoms with van der Waals surface area (Å²) < 4.78 is 57.3. The molecule has 2 heterocycles. The summed E-state index contributed by atoms with van der Waals surface area (Å²) in [6.45, 7) is -0.490. The number of hydrogen-bond acceptors (Lipinski definition) is 9. The zero-order chi connectivity index (χ0) is 20.3. The van der Waals surface area contributed by atoms with Gasteiger partial charge in [0.05, 0.1) is 12.7 Å². The van der Waals surface area contributed by atoms with Crippen molar-refractivity contribution in [2.45, 2.75) is 49.3 Å². The molecule has 0 saturated carbocycles. The number of ether oxygens (including phenoxy) is 2. The molecule has 0 spiro atoms. The van der Waals surface area contributed by atoms with Crippen molar-refractivity contribution >= 4 is 43.1 Å². The van der Waals surface area contributed by atoms with Crippen LogP contribution >= 0.6 is 35.2 Å². The van der Waals surface area contributed by atoms with Crippen molar-refractivity contribution in [1.82, 2.24) is 0 Å². The van der Waals surface area contributed by atoms with Crippen LogP contribution in [0.25, 0.3) is 0 Å². The van der Waals surface area contributed by atoms with E-state index < -0.39 is 42.3 Å². The Morgan fingerprint density at radius 2 is 1.78 bits per heavy atom. The molecule has 0 aliphatic carbocycles. The molecule has 0 radical (unpaired) electrons. The van der Waals surface area contributed by atoms with E-state index in [0.29, 0.717) is 6.42 Å². The second-order valence-corrected chi connectivity index (χ2v) is 11.8. The lowest BCUT2D eigenvalue weighted by Gasteiger charge is -2.27. The average molecular weight is 470 g/mol. The van der Waals surface area contributed by atoms with Gasteiger partial charge in [-0.15, -0.1) is 11.8 Å². The molecule has 2 fully saturated rings. The van der Waals surface area contributed by atoms with E-state index in [0.717, 1.165) is 25.0 Å². The zero-order valence-corrected chi connectivity index (χ0v) is 17.9. The topological polar surface area (TPSA) is 178 Å². The summed E-state index contributed by atoms with van der Waals surface area (Å²) in [6, 6.07) is -0.182. The number of thioether (sulfide) groups is 1. The Hall–Kier alpha value is 0.745. The standard InChI is InChI=1S/C10H22BO12P3S/c11-9-5-7(21-10-3-1-2-4-27-10)8(20-9)6-19-25(15,16)23-26(17,18)22-24(12,13)14/h7-10H,1-6,11H2,(H,15,16)(H,17,18)(H2,12,13,14). The van der Waals surface area contributed by atoms with E-state index in [9.17, 15) is 18.6 Å². The average Bonchev–Trinajstić information content (AvgIpc) is 2.82. The highest BCUT2D eigenvalue weighted by molar-refractivity contribution is 7.99. The van der Waals surface area contributed by atoms with E-state index in [1.165, 1.54) is 0 Å². The predicted molar refractivity (Wildman–Crippen MR) is 96.6 cm³/mol. The molecule has 27 heavy (non-hydrogen) atoms. The van der Waals surface area contributed by atoms with Gasteiger partial charge in [-0.2, -0.15) is 8.62 Å². The smallest absolute Gasteiger partial charge is 0.379 e. The monoisotopic (exact) mass is 470 g/mol. The van der Waals surface area contributed by atoms with Crippen molar-refractivity contribution in [3.63, 3.8) is 0 Å². The summed E-state index contributed by atoms with van der Waals surface area (Å²) >= 11 is 1.68. The lowest BCUT2D eigenvalue weighted by atomic mass is 9.96. The zero-order valence-electron chi connectivity index (χ0n) is 14.4. The Bertz CT molecular complexity index is 639. The Kier molecular flexibility index (Phi) is 8.63. The van der Waals surface area contributed by atoms with Gasteiger partial charge in [0.1, 0.15) is 19.4 Å². The van der Waals surface area contributed by atoms with Gasteiger partial charge in [-0.25, -0.2) is 13.7 Å². The summed E-state index contributed by atoms with van der Waals surface area (Å²) in [4.78, 5) is 35.7. The van der Waals surface area contributed by atoms with Crippen LogP contribution in [0.5, 0.6) is 0 Å². The quantitative estimate of drug-likeness (QED) is 0.274. The fourth-order valence-corrected chi connectivity index (χ4v) is 6.91. The van der Waals surface area contributed by atoms with Crippen molar-refractivity contribution < 1.29 is 55.9 Å². The number of phosphoric ester groups is 1. The van der Waals surface area contributed by atoms with Gasteiger partial charge in [0.25, 0.3) is 0 Å². The van der Waals surface area contributed by atoms with Crippen LogP contribution in [-0.4, -0.2) is 63.4 Å². The van der Waals surface area contributed by atoms with E-state index in [1.54, 1.807) is 19.6 Å². The number of rotatable bonds is 9. The minimum Gasteiger partial charge on any atom is -0.379 e. The summed E-state index contributed by atoms with van der Waals surface area (Å²) in [7, 11) is -14.3. The largest absolute Gasteiger partial charge is 0.490 e. The molecular formula is C10H22BO12P3S. The van der Waals surface area contributed by atoms with Crippen LogP contribution in [0.2, 0.25) is 0 Å². The normalized spacial score (nSPS) is 34.1. The molecule has 6 atom stereocenters. The van der Waals surface area contributed by atoms with Crippen molar-refractivity contribution in [2.75, 3.05) is 12.4 Å². The van der Waals surface area contributed by atoms with Crippen LogP contribution in [0.4, 0.5) is 0 Å². The molecular weight excluding hydrogens is 448 g/mol. The number of hydrogen-bond donors (Lipinski definition) is 4. The van der Waals surface area contributed by atoms with Gasteiger partial charge in [-0.05, 0) is 31.4 Å². The molecule has 0 aromatic heterocycles. The molecule has 0 aromatic carbocycles. The predicted octanol–water partition coefficient (Wildman–Crippen LogP) is 0.706. The van der Waals surface area contributed by atoms with Gasteiger partial charge in [0.2, 0.25) is 0 Å². The summed E-state index contributed by atoms with van der Waals surface area (Å²) in [5.74, 6) is 0.986. The first kappa shape index (κ1) is 24.0. The second kappa shape index (κ2) is 9.70. The van der Waals surface area contributed by atoms with Gasteiger partial charge in [-0.1, -0.05) is 0 Å². The second-order valence-electron chi connectivity index (χ2n) is 6.08. The first-order chi connectivity index (χ1) is 12.4. The van der Waals surface area contributed by atoms with Crippen LogP contribution in [0.3, 0.4) is 0 Å². The van der Waals surface area contributed by atoms with Crippen molar-refractivity contribution in [3.05, 3.63) is 0 Å². The molecule has 17 heteroatoms. The lowest BCUT2D eigenvalue weighted by molar-refractivity contribution is -0.0465. The van der Waals surface area contributed by atoms with E-state index >= 15 is 0 Å². The maximum absolute atomic E-state index is 11.8. The Morgan fingerprint density at radius 3 is 2.37 bits per heavy atom. The molecule has 2 aliphatic rings. The first-order valence-electron chi connectivity index (χ1n) is 8.06. The lowest BCUT2D eigenvalue weighted by Crippen LogP contribution is -2.32. The fraction of sp³-hybridized carbons (Fsp3) is 1.00. The Balaban J connectivity index is 1.89. The van der Waals surface area contributed by atoms with Crippen molar-refractivity contribution in [3.8, 4) is 0 Å². The van der Waals surface area contributed by atoms with E-state index in [2.05, 4.69) is 13.1 Å². The molecule has 4 N–H and O–H groups in total. The highest BCUT2D eigenvalue weighted by Gasteiger charge is 2.43. The van der Waals surface area contributed by atoms with Crippen LogP contribution in [0, 0.1) is 0 Å². The Labute approximate surface area is 161 Å². The molecule has 0 aromatic rings. The molecule has 2 aliphatic heterocycles. The third-order valence-electron chi connectivity index (χ3n) is 3.67. The van der Waals surface area contributed by atoms with Gasteiger partial charge in [0, 0.05) is 6.00 Å². The van der Waals surface area contributed by atoms with Gasteiger partial charge in [-0.3, -0.25) is 4.52 Å². The molecule has 12 nitrogen and oxygen atoms in total. The van der Waals surface area contributed by atoms with E-state index in [4.69, 9.17) is 24.2 Å². The molecule has 2 saturated heterocycles. The highest BCUT2D eigenvalue weighted by Crippen LogP contribution is 2.66. The molecule has 0 bridgehead atoms. The molecule has 6 unspecified atom stereocenters. The maximum atomic E-state index is 11.8. The highest BCUT2D eigenvalue weighted by atomic mass is 32.2. The maximum Gasteiger partial charge on any atom is 0.490 e. The minimum atomic E-state index is -5.53. The van der Waals surface area contributed by atoms with Crippen LogP contribution < -0.4 is 0 Å². The van der Waals surface area contributed by atoms with Crippen LogP contribution in [-0.2, 0) is 36.3 Å². The van der Waals surface area contributed by atoms with Crippen molar-refractivity contribution in [2.24, 2.45) is 0 Å². The SMILES string of the molecule is BC1CC(OC2CCCCS2)C(COP(=O)(O)OP(=O)(O)OP(=O)(O)O)O1. The van der Waals surface area contributed by atoms with Crippen LogP contribution in [0.15, 0.2) is 0 Å². The first-order valence-corrected chi connectivity index (χ1v) is 13.6. The molecule has 158 valence electrons. The van der Waals surface area contributed by atoms with Gasteiger partial charge >= 0.3 is 23.5 Å². The van der Waals surface area contributed by atoms with Crippen molar-refractivity contribution in [1.29, 1.82) is 0 Å². The van der Waals surface area contributed by atoms with Crippen LogP contribution in [0.1, 0.15) is 25.7 Å². The third-order valence-corrected chi connectivity index (χ3v) is 8.71. The van der Waals surface area contributed by atoms with E-state index in [1.807, 2.05) is 0 Å².